The molecule has 0 radical (unpaired) electrons. The van der Waals surface area contributed by atoms with Gasteiger partial charge in [0.2, 0.25) is 0 Å². The zero-order valence-electron chi connectivity index (χ0n) is 12.8. The van der Waals surface area contributed by atoms with Crippen molar-refractivity contribution in [1.29, 1.82) is 0 Å². The Kier molecular flexibility index (Phi) is 4.43. The van der Waals surface area contributed by atoms with Crippen molar-refractivity contribution in [2.75, 3.05) is 20.8 Å². The molecule has 3 nitrogen and oxygen atoms in total. The molecule has 1 saturated heterocycles. The Labute approximate surface area is 132 Å². The van der Waals surface area contributed by atoms with Crippen molar-refractivity contribution in [2.24, 2.45) is 5.92 Å². The molecule has 21 heavy (non-hydrogen) atoms. The highest BCUT2D eigenvalue weighted by Gasteiger charge is 2.44. The molecule has 0 aromatic heterocycles. The standard InChI is InChI=1S/C17H24ClNO2/c1-19-16(14-5-4-13(18)10-15(14)20-2)12-6-9-21-17(11-12)7-3-8-17/h4-5,10,12,16,19H,3,6-9,11H2,1-2H3. The highest BCUT2D eigenvalue weighted by Crippen LogP contribution is 2.48. The molecule has 4 heteroatoms. The molecule has 1 spiro atoms. The third-order valence-electron chi connectivity index (χ3n) is 5.11. The first kappa shape index (κ1) is 15.1. The van der Waals surface area contributed by atoms with E-state index in [1.807, 2.05) is 19.2 Å². The first-order chi connectivity index (χ1) is 10.2. The number of nitrogens with one attached hydrogen (secondary N) is 1. The van der Waals surface area contributed by atoms with Crippen molar-refractivity contribution in [3.8, 4) is 5.75 Å². The predicted octanol–water partition coefficient (Wildman–Crippen LogP) is 3.96. The van der Waals surface area contributed by atoms with Gasteiger partial charge in [0.15, 0.2) is 0 Å². The smallest absolute Gasteiger partial charge is 0.125 e. The highest BCUT2D eigenvalue weighted by atomic mass is 35.5. The fourth-order valence-corrected chi connectivity index (χ4v) is 4.02. The lowest BCUT2D eigenvalue weighted by molar-refractivity contribution is -0.147. The largest absolute Gasteiger partial charge is 0.496 e. The van der Waals surface area contributed by atoms with Crippen molar-refractivity contribution in [1.82, 2.24) is 5.32 Å². The van der Waals surface area contributed by atoms with E-state index in [2.05, 4.69) is 11.4 Å². The molecule has 2 unspecified atom stereocenters. The average molecular weight is 310 g/mol. The zero-order chi connectivity index (χ0) is 14.9. The Hall–Kier alpha value is -0.770. The highest BCUT2D eigenvalue weighted by molar-refractivity contribution is 6.30. The van der Waals surface area contributed by atoms with Gasteiger partial charge in [-0.2, -0.15) is 0 Å². The van der Waals surface area contributed by atoms with Crippen LogP contribution in [0.25, 0.3) is 0 Å². The lowest BCUT2D eigenvalue weighted by atomic mass is 9.69. The molecule has 1 aliphatic heterocycles. The summed E-state index contributed by atoms with van der Waals surface area (Å²) in [7, 11) is 3.74. The van der Waals surface area contributed by atoms with E-state index in [4.69, 9.17) is 21.1 Å². The summed E-state index contributed by atoms with van der Waals surface area (Å²) in [5.41, 5.74) is 1.36. The normalized spacial score (nSPS) is 25.4. The lowest BCUT2D eigenvalue weighted by Gasteiger charge is -2.49. The third-order valence-corrected chi connectivity index (χ3v) is 5.34. The maximum atomic E-state index is 6.09. The van der Waals surface area contributed by atoms with Crippen molar-refractivity contribution in [3.05, 3.63) is 28.8 Å². The molecule has 2 atom stereocenters. The van der Waals surface area contributed by atoms with Crippen molar-refractivity contribution in [3.63, 3.8) is 0 Å². The number of rotatable bonds is 4. The van der Waals surface area contributed by atoms with Crippen LogP contribution in [0.1, 0.15) is 43.7 Å². The van der Waals surface area contributed by atoms with Gasteiger partial charge in [-0.15, -0.1) is 0 Å². The van der Waals surface area contributed by atoms with E-state index < -0.39 is 0 Å². The molecule has 1 saturated carbocycles. The van der Waals surface area contributed by atoms with E-state index in [1.165, 1.54) is 24.8 Å². The maximum absolute atomic E-state index is 6.09. The summed E-state index contributed by atoms with van der Waals surface area (Å²) < 4.78 is 11.6. The second-order valence-electron chi connectivity index (χ2n) is 6.29. The van der Waals surface area contributed by atoms with Crippen molar-refractivity contribution >= 4 is 11.6 Å². The van der Waals surface area contributed by atoms with Gasteiger partial charge < -0.3 is 14.8 Å². The molecule has 0 amide bonds. The van der Waals surface area contributed by atoms with Gasteiger partial charge in [-0.25, -0.2) is 0 Å². The van der Waals surface area contributed by atoms with Crippen LogP contribution in [0, 0.1) is 5.92 Å². The number of hydrogen-bond donors (Lipinski definition) is 1. The van der Waals surface area contributed by atoms with Crippen LogP contribution in [0.4, 0.5) is 0 Å². The van der Waals surface area contributed by atoms with Gasteiger partial charge in [0, 0.05) is 23.2 Å². The molecular weight excluding hydrogens is 286 g/mol. The van der Waals surface area contributed by atoms with Crippen LogP contribution in [-0.4, -0.2) is 26.4 Å². The molecule has 1 heterocycles. The van der Waals surface area contributed by atoms with E-state index in [9.17, 15) is 0 Å². The summed E-state index contributed by atoms with van der Waals surface area (Å²) in [4.78, 5) is 0. The molecule has 1 N–H and O–H groups in total. The lowest BCUT2D eigenvalue weighted by Crippen LogP contribution is -2.47. The van der Waals surface area contributed by atoms with E-state index >= 15 is 0 Å². The van der Waals surface area contributed by atoms with Gasteiger partial charge in [-0.3, -0.25) is 0 Å². The van der Waals surface area contributed by atoms with Crippen LogP contribution < -0.4 is 10.1 Å². The minimum atomic E-state index is 0.164. The van der Waals surface area contributed by atoms with Crippen molar-refractivity contribution < 1.29 is 9.47 Å². The first-order valence-corrected chi connectivity index (χ1v) is 8.20. The average Bonchev–Trinajstić information content (AvgIpc) is 2.48. The van der Waals surface area contributed by atoms with Crippen LogP contribution in [0.15, 0.2) is 18.2 Å². The van der Waals surface area contributed by atoms with Gasteiger partial charge in [0.05, 0.1) is 12.7 Å². The Morgan fingerprint density at radius 2 is 2.24 bits per heavy atom. The van der Waals surface area contributed by atoms with E-state index in [0.717, 1.165) is 25.2 Å². The van der Waals surface area contributed by atoms with Crippen LogP contribution in [0.3, 0.4) is 0 Å². The zero-order valence-corrected chi connectivity index (χ0v) is 13.6. The Bertz CT molecular complexity index is 502. The summed E-state index contributed by atoms with van der Waals surface area (Å²) in [6.45, 7) is 0.874. The summed E-state index contributed by atoms with van der Waals surface area (Å²) in [6.07, 6.45) is 5.99. The number of halogens is 1. The van der Waals surface area contributed by atoms with Crippen molar-refractivity contribution in [2.45, 2.75) is 43.7 Å². The molecule has 116 valence electrons. The minimum Gasteiger partial charge on any atom is -0.496 e. The summed E-state index contributed by atoms with van der Waals surface area (Å²) in [5.74, 6) is 1.45. The molecule has 2 aliphatic rings. The predicted molar refractivity (Wildman–Crippen MR) is 85.1 cm³/mol. The van der Waals surface area contributed by atoms with Crippen LogP contribution in [0.5, 0.6) is 5.75 Å². The van der Waals surface area contributed by atoms with Crippen LogP contribution >= 0.6 is 11.6 Å². The Morgan fingerprint density at radius 3 is 2.86 bits per heavy atom. The topological polar surface area (TPSA) is 30.5 Å². The number of methoxy groups -OCH3 is 1. The van der Waals surface area contributed by atoms with E-state index in [0.29, 0.717) is 17.0 Å². The molecule has 1 aliphatic carbocycles. The van der Waals surface area contributed by atoms with E-state index in [1.54, 1.807) is 7.11 Å². The molecule has 1 aromatic rings. The fraction of sp³-hybridized carbons (Fsp3) is 0.647. The quantitative estimate of drug-likeness (QED) is 0.913. The maximum Gasteiger partial charge on any atom is 0.125 e. The molecule has 0 bridgehead atoms. The molecule has 1 aromatic carbocycles. The number of hydrogen-bond acceptors (Lipinski definition) is 3. The second-order valence-corrected chi connectivity index (χ2v) is 6.73. The third kappa shape index (κ3) is 2.92. The summed E-state index contributed by atoms with van der Waals surface area (Å²) in [6, 6.07) is 6.23. The molecule has 2 fully saturated rings. The number of benzene rings is 1. The number of ether oxygens (including phenoxy) is 2. The SMILES string of the molecule is CNC(c1ccc(Cl)cc1OC)C1CCOC2(CCC2)C1. The molecule has 3 rings (SSSR count). The Morgan fingerprint density at radius 1 is 1.43 bits per heavy atom. The van der Waals surface area contributed by atoms with Gasteiger partial charge in [0.25, 0.3) is 0 Å². The van der Waals surface area contributed by atoms with Gasteiger partial charge in [0.1, 0.15) is 5.75 Å². The first-order valence-electron chi connectivity index (χ1n) is 7.82. The summed E-state index contributed by atoms with van der Waals surface area (Å²) >= 11 is 6.09. The molecular formula is C17H24ClNO2. The monoisotopic (exact) mass is 309 g/mol. The minimum absolute atomic E-state index is 0.164. The Balaban J connectivity index is 1.84. The fourth-order valence-electron chi connectivity index (χ4n) is 3.86. The van der Waals surface area contributed by atoms with Gasteiger partial charge >= 0.3 is 0 Å². The van der Waals surface area contributed by atoms with Gasteiger partial charge in [-0.05, 0) is 57.2 Å². The second kappa shape index (κ2) is 6.15. The van der Waals surface area contributed by atoms with Crippen LogP contribution in [0.2, 0.25) is 5.02 Å². The van der Waals surface area contributed by atoms with Gasteiger partial charge in [-0.1, -0.05) is 17.7 Å². The van der Waals surface area contributed by atoms with Crippen LogP contribution in [-0.2, 0) is 4.74 Å². The van der Waals surface area contributed by atoms with E-state index in [-0.39, 0.29) is 5.60 Å². The summed E-state index contributed by atoms with van der Waals surface area (Å²) in [5, 5.41) is 4.21.